The molecular weight excluding hydrogens is 147 g/mol. The summed E-state index contributed by atoms with van der Waals surface area (Å²) in [5.74, 6) is 0. The molecule has 0 saturated heterocycles. The standard InChI is InChI=1S/C10H9BO/c11-5-3-8-1-2-10-9(7-8)4-6-12-10/h1-2,4,6-7H,3,5H2. The molecule has 0 atom stereocenters. The topological polar surface area (TPSA) is 13.1 Å². The predicted octanol–water partition coefficient (Wildman–Crippen LogP) is 2.56. The van der Waals surface area contributed by atoms with Crippen molar-refractivity contribution in [3.8, 4) is 0 Å². The summed E-state index contributed by atoms with van der Waals surface area (Å²) in [7, 11) is 5.46. The van der Waals surface area contributed by atoms with Gasteiger partial charge in [0.25, 0.3) is 0 Å². The van der Waals surface area contributed by atoms with Gasteiger partial charge in [0.1, 0.15) is 5.58 Å². The van der Waals surface area contributed by atoms with E-state index >= 15 is 0 Å². The van der Waals surface area contributed by atoms with Crippen molar-refractivity contribution in [3.05, 3.63) is 36.1 Å². The van der Waals surface area contributed by atoms with E-state index in [9.17, 15) is 0 Å². The molecule has 0 N–H and O–H groups in total. The minimum absolute atomic E-state index is 0.698. The van der Waals surface area contributed by atoms with Crippen LogP contribution in [-0.2, 0) is 6.42 Å². The molecular formula is C10H9BO. The summed E-state index contributed by atoms with van der Waals surface area (Å²) in [6.07, 6.45) is 3.33. The molecule has 0 saturated carbocycles. The van der Waals surface area contributed by atoms with Crippen molar-refractivity contribution in [2.45, 2.75) is 12.7 Å². The fourth-order valence-electron chi connectivity index (χ4n) is 1.34. The van der Waals surface area contributed by atoms with Crippen molar-refractivity contribution in [2.24, 2.45) is 0 Å². The summed E-state index contributed by atoms with van der Waals surface area (Å²) in [5, 5.41) is 1.15. The van der Waals surface area contributed by atoms with Crippen LogP contribution in [-0.4, -0.2) is 7.85 Å². The van der Waals surface area contributed by atoms with Gasteiger partial charge in [-0.25, -0.2) is 0 Å². The van der Waals surface area contributed by atoms with E-state index in [1.807, 2.05) is 12.1 Å². The third kappa shape index (κ3) is 1.25. The molecule has 1 nitrogen and oxygen atoms in total. The van der Waals surface area contributed by atoms with Crippen LogP contribution in [0.2, 0.25) is 6.32 Å². The molecule has 2 aromatic rings. The molecule has 12 heavy (non-hydrogen) atoms. The van der Waals surface area contributed by atoms with Gasteiger partial charge in [-0.3, -0.25) is 0 Å². The van der Waals surface area contributed by atoms with Gasteiger partial charge in [0, 0.05) is 5.39 Å². The average molecular weight is 156 g/mol. The summed E-state index contributed by atoms with van der Waals surface area (Å²) >= 11 is 0. The second-order valence-corrected chi connectivity index (χ2v) is 2.83. The molecule has 2 radical (unpaired) electrons. The van der Waals surface area contributed by atoms with Crippen LogP contribution in [0.3, 0.4) is 0 Å². The summed E-state index contributed by atoms with van der Waals surface area (Å²) in [6.45, 7) is 0. The van der Waals surface area contributed by atoms with Crippen molar-refractivity contribution in [2.75, 3.05) is 0 Å². The number of fused-ring (bicyclic) bond motifs is 1. The molecule has 58 valence electrons. The zero-order valence-electron chi connectivity index (χ0n) is 6.79. The molecule has 0 spiro atoms. The van der Waals surface area contributed by atoms with E-state index in [1.54, 1.807) is 6.26 Å². The van der Waals surface area contributed by atoms with E-state index in [1.165, 1.54) is 5.56 Å². The van der Waals surface area contributed by atoms with Gasteiger partial charge in [0.05, 0.1) is 14.1 Å². The zero-order chi connectivity index (χ0) is 8.39. The van der Waals surface area contributed by atoms with Gasteiger partial charge in [-0.15, -0.1) is 0 Å². The Kier molecular flexibility index (Phi) is 1.90. The van der Waals surface area contributed by atoms with Gasteiger partial charge in [-0.1, -0.05) is 12.4 Å². The lowest BCUT2D eigenvalue weighted by atomic mass is 9.97. The summed E-state index contributed by atoms with van der Waals surface area (Å²) in [5.41, 5.74) is 2.21. The summed E-state index contributed by atoms with van der Waals surface area (Å²) in [4.78, 5) is 0. The van der Waals surface area contributed by atoms with Gasteiger partial charge in [-0.2, -0.15) is 0 Å². The highest BCUT2D eigenvalue weighted by molar-refractivity contribution is 6.08. The minimum Gasteiger partial charge on any atom is -0.464 e. The van der Waals surface area contributed by atoms with Crippen molar-refractivity contribution in [1.82, 2.24) is 0 Å². The maximum atomic E-state index is 5.46. The highest BCUT2D eigenvalue weighted by Crippen LogP contribution is 2.17. The quantitative estimate of drug-likeness (QED) is 0.609. The highest BCUT2D eigenvalue weighted by atomic mass is 16.3. The Hall–Kier alpha value is -1.18. The van der Waals surface area contributed by atoms with Crippen molar-refractivity contribution < 1.29 is 4.42 Å². The Labute approximate surface area is 72.8 Å². The Bertz CT molecular complexity index is 378. The normalized spacial score (nSPS) is 10.7. The fourth-order valence-corrected chi connectivity index (χ4v) is 1.34. The van der Waals surface area contributed by atoms with E-state index in [-0.39, 0.29) is 0 Å². The second kappa shape index (κ2) is 3.06. The molecule has 1 aromatic heterocycles. The number of aryl methyl sites for hydroxylation is 1. The first-order valence-electron chi connectivity index (χ1n) is 4.06. The van der Waals surface area contributed by atoms with Crippen LogP contribution in [0, 0.1) is 0 Å². The maximum absolute atomic E-state index is 5.46. The number of hydrogen-bond donors (Lipinski definition) is 0. The monoisotopic (exact) mass is 156 g/mol. The molecule has 2 rings (SSSR count). The Morgan fingerprint density at radius 3 is 3.00 bits per heavy atom. The van der Waals surface area contributed by atoms with E-state index in [0.29, 0.717) is 6.32 Å². The minimum atomic E-state index is 0.698. The van der Waals surface area contributed by atoms with Gasteiger partial charge < -0.3 is 4.42 Å². The fraction of sp³-hybridized carbons (Fsp3) is 0.200. The molecule has 0 fully saturated rings. The first-order chi connectivity index (χ1) is 5.90. The Balaban J connectivity index is 2.46. The number of benzene rings is 1. The Morgan fingerprint density at radius 1 is 1.25 bits per heavy atom. The third-order valence-corrected chi connectivity index (χ3v) is 1.95. The number of furan rings is 1. The van der Waals surface area contributed by atoms with E-state index in [4.69, 9.17) is 12.3 Å². The average Bonchev–Trinajstić information content (AvgIpc) is 2.51. The van der Waals surface area contributed by atoms with Gasteiger partial charge in [-0.05, 0) is 30.2 Å². The number of rotatable bonds is 2. The predicted molar refractivity (Wildman–Crippen MR) is 50.5 cm³/mol. The molecule has 0 aliphatic heterocycles. The Morgan fingerprint density at radius 2 is 2.17 bits per heavy atom. The third-order valence-electron chi connectivity index (χ3n) is 1.95. The van der Waals surface area contributed by atoms with E-state index < -0.39 is 0 Å². The molecule has 1 heterocycles. The van der Waals surface area contributed by atoms with E-state index in [2.05, 4.69) is 12.1 Å². The van der Waals surface area contributed by atoms with Crippen LogP contribution in [0.4, 0.5) is 0 Å². The van der Waals surface area contributed by atoms with Crippen LogP contribution in [0.5, 0.6) is 0 Å². The van der Waals surface area contributed by atoms with Crippen LogP contribution in [0.1, 0.15) is 5.56 Å². The summed E-state index contributed by atoms with van der Waals surface area (Å²) in [6, 6.07) is 8.13. The summed E-state index contributed by atoms with van der Waals surface area (Å²) < 4.78 is 5.22. The van der Waals surface area contributed by atoms with Gasteiger partial charge in [0.2, 0.25) is 0 Å². The molecule has 0 aliphatic rings. The van der Waals surface area contributed by atoms with Gasteiger partial charge >= 0.3 is 0 Å². The number of hydrogen-bond acceptors (Lipinski definition) is 1. The maximum Gasteiger partial charge on any atom is 0.133 e. The van der Waals surface area contributed by atoms with Crippen molar-refractivity contribution >= 4 is 18.8 Å². The zero-order valence-corrected chi connectivity index (χ0v) is 6.79. The SMILES string of the molecule is [B]CCc1ccc2occc2c1. The highest BCUT2D eigenvalue weighted by Gasteiger charge is 1.96. The molecule has 0 bridgehead atoms. The lowest BCUT2D eigenvalue weighted by Gasteiger charge is -1.96. The molecule has 2 heteroatoms. The van der Waals surface area contributed by atoms with E-state index in [0.717, 1.165) is 17.4 Å². The largest absolute Gasteiger partial charge is 0.464 e. The van der Waals surface area contributed by atoms with Crippen LogP contribution in [0.15, 0.2) is 34.9 Å². The van der Waals surface area contributed by atoms with Crippen LogP contribution in [0.25, 0.3) is 11.0 Å². The molecule has 0 aliphatic carbocycles. The second-order valence-electron chi connectivity index (χ2n) is 2.83. The molecule has 0 unspecified atom stereocenters. The smallest absolute Gasteiger partial charge is 0.133 e. The first kappa shape index (κ1) is 7.47. The van der Waals surface area contributed by atoms with Crippen LogP contribution < -0.4 is 0 Å². The van der Waals surface area contributed by atoms with Crippen molar-refractivity contribution in [3.63, 3.8) is 0 Å². The van der Waals surface area contributed by atoms with Crippen LogP contribution >= 0.6 is 0 Å². The lowest BCUT2D eigenvalue weighted by molar-refractivity contribution is 0.616. The first-order valence-corrected chi connectivity index (χ1v) is 4.06. The van der Waals surface area contributed by atoms with Gasteiger partial charge in [0.15, 0.2) is 0 Å². The van der Waals surface area contributed by atoms with Crippen molar-refractivity contribution in [1.29, 1.82) is 0 Å². The molecule has 0 amide bonds. The lowest BCUT2D eigenvalue weighted by Crippen LogP contribution is -1.82. The molecule has 1 aromatic carbocycles.